The van der Waals surface area contributed by atoms with Crippen LogP contribution < -0.4 is 5.73 Å². The Morgan fingerprint density at radius 1 is 1.30 bits per heavy atom. The van der Waals surface area contributed by atoms with Crippen molar-refractivity contribution in [1.82, 2.24) is 29.2 Å². The Morgan fingerprint density at radius 3 is 2.90 bits per heavy atom. The molecule has 2 N–H and O–H groups in total. The molecule has 2 aromatic rings. The van der Waals surface area contributed by atoms with E-state index < -0.39 is 0 Å². The zero-order chi connectivity index (χ0) is 14.1. The fraction of sp³-hybridized carbons (Fsp3) is 0.615. The highest BCUT2D eigenvalue weighted by Gasteiger charge is 2.27. The topological polar surface area (TPSA) is 77.8 Å². The molecule has 3 heterocycles. The number of nitrogens with two attached hydrogens (primary N) is 1. The number of hydrogen-bond acceptors (Lipinski definition) is 5. The van der Waals surface area contributed by atoms with Crippen LogP contribution in [0.3, 0.4) is 0 Å². The lowest BCUT2D eigenvalue weighted by Crippen LogP contribution is -2.40. The number of imidazole rings is 1. The van der Waals surface area contributed by atoms with Crippen LogP contribution in [-0.4, -0.2) is 42.3 Å². The summed E-state index contributed by atoms with van der Waals surface area (Å²) in [7, 11) is 0. The number of nitrogens with zero attached hydrogens (tertiary/aromatic N) is 6. The first-order valence-electron chi connectivity index (χ1n) is 7.03. The minimum Gasteiger partial charge on any atom is -0.331 e. The van der Waals surface area contributed by atoms with Crippen LogP contribution in [-0.2, 0) is 13.1 Å². The van der Waals surface area contributed by atoms with E-state index in [9.17, 15) is 0 Å². The molecule has 3 rings (SSSR count). The molecule has 0 spiro atoms. The van der Waals surface area contributed by atoms with Gasteiger partial charge in [0.05, 0.1) is 24.6 Å². The van der Waals surface area contributed by atoms with Gasteiger partial charge in [0, 0.05) is 31.9 Å². The van der Waals surface area contributed by atoms with E-state index in [1.54, 1.807) is 6.33 Å². The smallest absolute Gasteiger partial charge is 0.147 e. The average molecular weight is 275 g/mol. The number of aromatic nitrogens is 5. The van der Waals surface area contributed by atoms with E-state index in [2.05, 4.69) is 43.1 Å². The van der Waals surface area contributed by atoms with Crippen LogP contribution in [0.5, 0.6) is 0 Å². The summed E-state index contributed by atoms with van der Waals surface area (Å²) in [5, 5.41) is 8.14. The van der Waals surface area contributed by atoms with Crippen molar-refractivity contribution in [2.24, 2.45) is 5.73 Å². The molecule has 7 heteroatoms. The molecule has 0 saturated carbocycles. The monoisotopic (exact) mass is 275 g/mol. The maximum absolute atomic E-state index is 6.03. The highest BCUT2D eigenvalue weighted by molar-refractivity contribution is 5.09. The van der Waals surface area contributed by atoms with Crippen molar-refractivity contribution in [1.29, 1.82) is 0 Å². The summed E-state index contributed by atoms with van der Waals surface area (Å²) in [6, 6.07) is 0.556. The quantitative estimate of drug-likeness (QED) is 0.882. The Kier molecular flexibility index (Phi) is 3.54. The molecule has 20 heavy (non-hydrogen) atoms. The fourth-order valence-electron chi connectivity index (χ4n) is 2.81. The van der Waals surface area contributed by atoms with Crippen LogP contribution in [0.15, 0.2) is 18.9 Å². The van der Waals surface area contributed by atoms with Crippen molar-refractivity contribution in [2.75, 3.05) is 13.1 Å². The largest absolute Gasteiger partial charge is 0.331 e. The second-order valence-electron chi connectivity index (χ2n) is 5.48. The first kappa shape index (κ1) is 13.3. The number of rotatable bonds is 4. The lowest BCUT2D eigenvalue weighted by molar-refractivity contribution is 0.149. The normalized spacial score (nSPS) is 17.4. The molecule has 0 fully saturated rings. The van der Waals surface area contributed by atoms with E-state index >= 15 is 0 Å². The van der Waals surface area contributed by atoms with Gasteiger partial charge < -0.3 is 14.9 Å². The van der Waals surface area contributed by atoms with Crippen molar-refractivity contribution in [3.05, 3.63) is 30.4 Å². The van der Waals surface area contributed by atoms with E-state index in [0.717, 1.165) is 25.5 Å². The molecule has 7 nitrogen and oxygen atoms in total. The summed E-state index contributed by atoms with van der Waals surface area (Å²) in [5.41, 5.74) is 7.21. The van der Waals surface area contributed by atoms with Crippen LogP contribution in [0, 0.1) is 0 Å². The zero-order valence-electron chi connectivity index (χ0n) is 12.0. The summed E-state index contributed by atoms with van der Waals surface area (Å²) in [4.78, 5) is 6.65. The van der Waals surface area contributed by atoms with Gasteiger partial charge in [-0.3, -0.25) is 4.90 Å². The third-order valence-electron chi connectivity index (χ3n) is 3.93. The first-order valence-corrected chi connectivity index (χ1v) is 7.03. The van der Waals surface area contributed by atoms with E-state index in [-0.39, 0.29) is 6.04 Å². The Morgan fingerprint density at radius 2 is 2.15 bits per heavy atom. The maximum atomic E-state index is 6.03. The molecule has 0 aliphatic carbocycles. The second kappa shape index (κ2) is 5.34. The van der Waals surface area contributed by atoms with Gasteiger partial charge in [0.15, 0.2) is 0 Å². The molecule has 1 atom stereocenters. The van der Waals surface area contributed by atoms with Crippen LogP contribution in [0.4, 0.5) is 0 Å². The minimum absolute atomic E-state index is 0.172. The van der Waals surface area contributed by atoms with Gasteiger partial charge in [-0.25, -0.2) is 4.98 Å². The zero-order valence-corrected chi connectivity index (χ0v) is 12.0. The fourth-order valence-corrected chi connectivity index (χ4v) is 2.81. The van der Waals surface area contributed by atoms with E-state index in [0.29, 0.717) is 12.6 Å². The highest BCUT2D eigenvalue weighted by atomic mass is 15.3. The second-order valence-corrected chi connectivity index (χ2v) is 5.48. The number of fused-ring (bicyclic) bond motifs is 1. The molecule has 2 aromatic heterocycles. The minimum atomic E-state index is 0.172. The van der Waals surface area contributed by atoms with E-state index in [1.165, 1.54) is 5.69 Å². The Balaban J connectivity index is 1.86. The summed E-state index contributed by atoms with van der Waals surface area (Å²) in [5.74, 6) is 1.00. The summed E-state index contributed by atoms with van der Waals surface area (Å²) >= 11 is 0. The van der Waals surface area contributed by atoms with Gasteiger partial charge in [0.2, 0.25) is 0 Å². The van der Waals surface area contributed by atoms with Crippen LogP contribution in [0.2, 0.25) is 0 Å². The van der Waals surface area contributed by atoms with Gasteiger partial charge >= 0.3 is 0 Å². The highest BCUT2D eigenvalue weighted by Crippen LogP contribution is 2.25. The summed E-state index contributed by atoms with van der Waals surface area (Å²) in [6.07, 6.45) is 5.61. The molecular formula is C13H21N7. The third-order valence-corrected chi connectivity index (χ3v) is 3.93. The Bertz CT molecular complexity index is 571. The van der Waals surface area contributed by atoms with Crippen LogP contribution in [0.25, 0.3) is 0 Å². The van der Waals surface area contributed by atoms with E-state index in [1.807, 2.05) is 12.5 Å². The first-order chi connectivity index (χ1) is 9.70. The van der Waals surface area contributed by atoms with Gasteiger partial charge in [-0.15, -0.1) is 10.2 Å². The Labute approximate surface area is 118 Å². The molecule has 1 aliphatic rings. The molecule has 1 unspecified atom stereocenters. The SMILES string of the molecule is CC(C)n1cncc1C(CN)N1CCn2cnnc2C1. The lowest BCUT2D eigenvalue weighted by atomic mass is 10.1. The molecule has 1 aliphatic heterocycles. The standard InChI is InChI=1S/C13H21N7/c1-10(2)20-8-15-6-12(20)11(5-14)18-3-4-19-9-16-17-13(19)7-18/h6,8-11H,3-5,7,14H2,1-2H3. The van der Waals surface area contributed by atoms with Crippen molar-refractivity contribution in [3.8, 4) is 0 Å². The summed E-state index contributed by atoms with van der Waals surface area (Å²) < 4.78 is 4.29. The molecule has 0 bridgehead atoms. The molecular weight excluding hydrogens is 254 g/mol. The predicted octanol–water partition coefficient (Wildman–Crippen LogP) is 0.571. The molecule has 108 valence electrons. The molecule has 0 aromatic carbocycles. The lowest BCUT2D eigenvalue weighted by Gasteiger charge is -2.34. The molecule has 0 amide bonds. The van der Waals surface area contributed by atoms with Gasteiger partial charge in [0.1, 0.15) is 12.2 Å². The molecule has 0 saturated heterocycles. The van der Waals surface area contributed by atoms with Crippen LogP contribution in [0.1, 0.15) is 37.4 Å². The van der Waals surface area contributed by atoms with Crippen molar-refractivity contribution in [3.63, 3.8) is 0 Å². The van der Waals surface area contributed by atoms with Gasteiger partial charge in [-0.1, -0.05) is 0 Å². The van der Waals surface area contributed by atoms with Crippen molar-refractivity contribution < 1.29 is 0 Å². The van der Waals surface area contributed by atoms with Gasteiger partial charge in [-0.05, 0) is 13.8 Å². The van der Waals surface area contributed by atoms with Crippen molar-refractivity contribution in [2.45, 2.75) is 39.0 Å². The Hall–Kier alpha value is -1.73. The molecule has 0 radical (unpaired) electrons. The average Bonchev–Trinajstić information content (AvgIpc) is 3.07. The predicted molar refractivity (Wildman–Crippen MR) is 74.8 cm³/mol. The van der Waals surface area contributed by atoms with Gasteiger partial charge in [0.25, 0.3) is 0 Å². The van der Waals surface area contributed by atoms with Gasteiger partial charge in [-0.2, -0.15) is 0 Å². The number of hydrogen-bond donors (Lipinski definition) is 1. The third kappa shape index (κ3) is 2.23. The van der Waals surface area contributed by atoms with Crippen LogP contribution >= 0.6 is 0 Å². The van der Waals surface area contributed by atoms with E-state index in [4.69, 9.17) is 5.73 Å². The van der Waals surface area contributed by atoms with Crippen molar-refractivity contribution >= 4 is 0 Å². The summed E-state index contributed by atoms with van der Waals surface area (Å²) in [6.45, 7) is 7.54. The maximum Gasteiger partial charge on any atom is 0.147 e.